The molecule has 0 aliphatic heterocycles. The molecule has 0 radical (unpaired) electrons. The van der Waals surface area contributed by atoms with Crippen LogP contribution in [0.3, 0.4) is 0 Å². The van der Waals surface area contributed by atoms with Gasteiger partial charge in [-0.15, -0.1) is 0 Å². The fourth-order valence-corrected chi connectivity index (χ4v) is 3.93. The fourth-order valence-electron chi connectivity index (χ4n) is 3.17. The predicted octanol–water partition coefficient (Wildman–Crippen LogP) is 4.78. The average molecular weight is 363 g/mol. The molecule has 1 aliphatic carbocycles. The van der Waals surface area contributed by atoms with Gasteiger partial charge in [-0.3, -0.25) is 5.10 Å². The number of hydrogen-bond acceptors (Lipinski definition) is 4. The molecule has 0 amide bonds. The number of nitrogens with zero attached hydrogens (tertiary/aromatic N) is 1. The summed E-state index contributed by atoms with van der Waals surface area (Å²) in [5, 5.41) is 7.18. The number of aromatic nitrogens is 2. The molecule has 1 heterocycles. The topological polar surface area (TPSA) is 52.7 Å². The monoisotopic (exact) mass is 362 g/mol. The van der Waals surface area contributed by atoms with E-state index in [4.69, 9.17) is 0 Å². The number of halogens is 1. The van der Waals surface area contributed by atoms with Crippen LogP contribution in [-0.4, -0.2) is 21.8 Å². The Kier molecular flexibility index (Phi) is 5.81. The van der Waals surface area contributed by atoms with Crippen molar-refractivity contribution in [2.45, 2.75) is 64.0 Å². The van der Waals surface area contributed by atoms with E-state index in [0.29, 0.717) is 17.4 Å². The molecule has 1 fully saturated rings. The van der Waals surface area contributed by atoms with Gasteiger partial charge in [0.05, 0.1) is 5.69 Å². The molecule has 3 rings (SSSR count). The third-order valence-electron chi connectivity index (χ3n) is 4.50. The maximum absolute atomic E-state index is 14.8. The van der Waals surface area contributed by atoms with Crippen molar-refractivity contribution in [1.29, 1.82) is 0 Å². The maximum atomic E-state index is 14.8. The smallest absolute Gasteiger partial charge is 0.172 e. The zero-order valence-corrected chi connectivity index (χ0v) is 15.9. The molecule has 6 heteroatoms. The first-order chi connectivity index (χ1) is 11.9. The molecule has 4 nitrogen and oxygen atoms in total. The Hall–Kier alpha value is -1.37. The van der Waals surface area contributed by atoms with E-state index in [2.05, 4.69) is 40.4 Å². The Bertz CT molecular complexity index is 672. The van der Waals surface area contributed by atoms with Gasteiger partial charge in [0, 0.05) is 35.2 Å². The molecule has 1 aromatic heterocycles. The van der Waals surface area contributed by atoms with E-state index in [-0.39, 0.29) is 17.3 Å². The van der Waals surface area contributed by atoms with Crippen LogP contribution in [-0.2, 0) is 0 Å². The third kappa shape index (κ3) is 4.84. The summed E-state index contributed by atoms with van der Waals surface area (Å²) < 4.78 is 21.7. The summed E-state index contributed by atoms with van der Waals surface area (Å²) >= 11 is 1.57. The number of benzene rings is 1. The van der Waals surface area contributed by atoms with E-state index in [1.54, 1.807) is 12.1 Å². The zero-order valence-electron chi connectivity index (χ0n) is 15.1. The molecule has 0 saturated heterocycles. The number of nitrogens with one attached hydrogen (secondary N) is 3. The van der Waals surface area contributed by atoms with E-state index >= 15 is 0 Å². The van der Waals surface area contributed by atoms with Crippen LogP contribution in [0.25, 0.3) is 11.3 Å². The largest absolute Gasteiger partial charge is 0.279 e. The molecule has 1 aromatic carbocycles. The van der Waals surface area contributed by atoms with Gasteiger partial charge in [-0.1, -0.05) is 30.3 Å². The first-order valence-corrected chi connectivity index (χ1v) is 9.73. The summed E-state index contributed by atoms with van der Waals surface area (Å²) in [6.07, 6.45) is 4.04. The summed E-state index contributed by atoms with van der Waals surface area (Å²) in [5.41, 5.74) is 2.00. The molecule has 2 aromatic rings. The van der Waals surface area contributed by atoms with Crippen molar-refractivity contribution < 1.29 is 4.39 Å². The van der Waals surface area contributed by atoms with Gasteiger partial charge in [0.25, 0.3) is 0 Å². The number of aromatic amines is 1. The summed E-state index contributed by atoms with van der Waals surface area (Å²) in [6, 6.07) is 9.99. The van der Waals surface area contributed by atoms with E-state index in [1.165, 1.54) is 0 Å². The second kappa shape index (κ2) is 7.89. The first kappa shape index (κ1) is 18.4. The maximum Gasteiger partial charge on any atom is 0.172 e. The van der Waals surface area contributed by atoms with Crippen molar-refractivity contribution in [3.63, 3.8) is 0 Å². The van der Waals surface area contributed by atoms with Crippen LogP contribution in [0.2, 0.25) is 0 Å². The summed E-state index contributed by atoms with van der Waals surface area (Å²) in [5.74, 6) is 0.0370. The van der Waals surface area contributed by atoms with Gasteiger partial charge in [-0.25, -0.2) is 13.8 Å². The molecule has 1 aliphatic rings. The summed E-state index contributed by atoms with van der Waals surface area (Å²) in [6.45, 7) is 6.43. The van der Waals surface area contributed by atoms with Crippen molar-refractivity contribution in [2.24, 2.45) is 0 Å². The zero-order chi connectivity index (χ0) is 17.9. The van der Waals surface area contributed by atoms with E-state index in [0.717, 1.165) is 31.2 Å². The lowest BCUT2D eigenvalue weighted by molar-refractivity contribution is 0.368. The lowest BCUT2D eigenvalue weighted by atomic mass is 9.84. The predicted molar refractivity (Wildman–Crippen MR) is 103 cm³/mol. The highest BCUT2D eigenvalue weighted by Gasteiger charge is 2.27. The molecule has 0 atom stereocenters. The molecule has 0 unspecified atom stereocenters. The lowest BCUT2D eigenvalue weighted by Gasteiger charge is -2.29. The van der Waals surface area contributed by atoms with Crippen molar-refractivity contribution in [2.75, 3.05) is 0 Å². The molecule has 136 valence electrons. The van der Waals surface area contributed by atoms with Crippen LogP contribution in [0.5, 0.6) is 0 Å². The normalized spacial score (nSPS) is 21.4. The lowest BCUT2D eigenvalue weighted by Crippen LogP contribution is -2.36. The summed E-state index contributed by atoms with van der Waals surface area (Å²) in [7, 11) is 0. The molecule has 0 spiro atoms. The van der Waals surface area contributed by atoms with Crippen molar-refractivity contribution in [3.8, 4) is 11.3 Å². The Balaban J connectivity index is 1.56. The molecular weight excluding hydrogens is 335 g/mol. The molecular formula is C19H27FN4S. The quantitative estimate of drug-likeness (QED) is 0.670. The van der Waals surface area contributed by atoms with Crippen LogP contribution >= 0.6 is 12.1 Å². The van der Waals surface area contributed by atoms with E-state index in [9.17, 15) is 4.39 Å². The molecule has 3 N–H and O–H groups in total. The molecule has 25 heavy (non-hydrogen) atoms. The van der Waals surface area contributed by atoms with Crippen LogP contribution < -0.4 is 9.44 Å². The minimum absolute atomic E-state index is 0.0851. The fraction of sp³-hybridized carbons (Fsp3) is 0.526. The van der Waals surface area contributed by atoms with Gasteiger partial charge >= 0.3 is 0 Å². The highest BCUT2D eigenvalue weighted by molar-refractivity contribution is 7.95. The first-order valence-electron chi connectivity index (χ1n) is 8.92. The highest BCUT2D eigenvalue weighted by Crippen LogP contribution is 2.36. The second-order valence-corrected chi connectivity index (χ2v) is 8.43. The Morgan fingerprint density at radius 1 is 1.12 bits per heavy atom. The SMILES string of the molecule is CC(C)(C)NSNC1CCC(c2[nH]nc(-c3ccccc3)c2F)CC1. The van der Waals surface area contributed by atoms with Gasteiger partial charge in [0.2, 0.25) is 0 Å². The van der Waals surface area contributed by atoms with Crippen LogP contribution in [0.1, 0.15) is 58.1 Å². The van der Waals surface area contributed by atoms with Gasteiger partial charge in [0.15, 0.2) is 5.82 Å². The number of hydrogen-bond donors (Lipinski definition) is 3. The Morgan fingerprint density at radius 2 is 1.80 bits per heavy atom. The minimum Gasteiger partial charge on any atom is -0.279 e. The molecule has 1 saturated carbocycles. The standard InChI is InChI=1S/C19H27FN4S/c1-19(2,3)24-25-23-15-11-9-14(10-12-15)18-16(20)17(21-22-18)13-7-5-4-6-8-13/h4-8,14-15,23-24H,9-12H2,1-3H3,(H,21,22). The second-order valence-electron chi connectivity index (χ2n) is 7.79. The van der Waals surface area contributed by atoms with E-state index in [1.807, 2.05) is 30.3 Å². The Morgan fingerprint density at radius 3 is 2.44 bits per heavy atom. The van der Waals surface area contributed by atoms with Crippen molar-refractivity contribution >= 4 is 12.1 Å². The average Bonchev–Trinajstić information content (AvgIpc) is 2.97. The van der Waals surface area contributed by atoms with Crippen molar-refractivity contribution in [3.05, 3.63) is 41.8 Å². The van der Waals surface area contributed by atoms with Gasteiger partial charge in [-0.2, -0.15) is 5.10 Å². The third-order valence-corrected chi connectivity index (χ3v) is 5.66. The number of H-pyrrole nitrogens is 1. The highest BCUT2D eigenvalue weighted by atomic mass is 32.2. The number of rotatable bonds is 5. The van der Waals surface area contributed by atoms with Crippen LogP contribution in [0.15, 0.2) is 30.3 Å². The Labute approximate surface area is 153 Å². The minimum atomic E-state index is -0.189. The summed E-state index contributed by atoms with van der Waals surface area (Å²) in [4.78, 5) is 0. The van der Waals surface area contributed by atoms with Gasteiger partial charge in [0.1, 0.15) is 5.69 Å². The van der Waals surface area contributed by atoms with Gasteiger partial charge < -0.3 is 0 Å². The van der Waals surface area contributed by atoms with Gasteiger partial charge in [-0.05, 0) is 46.5 Å². The van der Waals surface area contributed by atoms with Crippen LogP contribution in [0.4, 0.5) is 4.39 Å². The molecule has 0 bridgehead atoms. The van der Waals surface area contributed by atoms with Crippen LogP contribution in [0, 0.1) is 5.82 Å². The van der Waals surface area contributed by atoms with Crippen molar-refractivity contribution in [1.82, 2.24) is 19.6 Å². The van der Waals surface area contributed by atoms with E-state index < -0.39 is 0 Å².